The van der Waals surface area contributed by atoms with Crippen molar-refractivity contribution in [3.63, 3.8) is 0 Å². The van der Waals surface area contributed by atoms with Gasteiger partial charge in [0.2, 0.25) is 0 Å². The SMILES string of the molecule is CC(C)(C)C1CCC(CC2CC(=O)c3ccccc3C2=O)CC1. The molecule has 0 N–H and O–H groups in total. The lowest BCUT2D eigenvalue weighted by molar-refractivity contribution is 0.0776. The number of carbonyl (C=O) groups excluding carboxylic acids is 2. The summed E-state index contributed by atoms with van der Waals surface area (Å²) in [5, 5.41) is 0. The molecule has 2 heteroatoms. The van der Waals surface area contributed by atoms with E-state index in [0.29, 0.717) is 28.9 Å². The van der Waals surface area contributed by atoms with Crippen molar-refractivity contribution in [2.45, 2.75) is 59.3 Å². The lowest BCUT2D eigenvalue weighted by atomic mass is 9.67. The van der Waals surface area contributed by atoms with E-state index in [0.717, 1.165) is 12.3 Å². The second-order valence-electron chi connectivity index (χ2n) is 8.55. The molecule has 1 atom stereocenters. The van der Waals surface area contributed by atoms with Gasteiger partial charge in [-0.15, -0.1) is 0 Å². The van der Waals surface area contributed by atoms with E-state index < -0.39 is 0 Å². The molecule has 0 radical (unpaired) electrons. The average Bonchev–Trinajstić information content (AvgIpc) is 2.52. The highest BCUT2D eigenvalue weighted by atomic mass is 16.1. The van der Waals surface area contributed by atoms with Gasteiger partial charge in [-0.1, -0.05) is 57.9 Å². The van der Waals surface area contributed by atoms with Crippen molar-refractivity contribution in [3.05, 3.63) is 35.4 Å². The van der Waals surface area contributed by atoms with Gasteiger partial charge in [0.1, 0.15) is 0 Å². The number of Topliss-reactive ketones (excluding diaryl/α,β-unsaturated/α-hetero) is 2. The maximum Gasteiger partial charge on any atom is 0.167 e. The van der Waals surface area contributed by atoms with Gasteiger partial charge in [0.05, 0.1) is 0 Å². The summed E-state index contributed by atoms with van der Waals surface area (Å²) in [6, 6.07) is 7.32. The van der Waals surface area contributed by atoms with E-state index in [4.69, 9.17) is 0 Å². The van der Waals surface area contributed by atoms with Crippen LogP contribution in [-0.2, 0) is 0 Å². The van der Waals surface area contributed by atoms with Crippen molar-refractivity contribution in [1.29, 1.82) is 0 Å². The molecule has 23 heavy (non-hydrogen) atoms. The Morgan fingerprint density at radius 2 is 1.57 bits per heavy atom. The summed E-state index contributed by atoms with van der Waals surface area (Å²) in [5.41, 5.74) is 1.67. The van der Waals surface area contributed by atoms with Gasteiger partial charge in [0, 0.05) is 23.5 Å². The fraction of sp³-hybridized carbons (Fsp3) is 0.619. The van der Waals surface area contributed by atoms with Crippen molar-refractivity contribution in [1.82, 2.24) is 0 Å². The van der Waals surface area contributed by atoms with Gasteiger partial charge in [-0.3, -0.25) is 9.59 Å². The number of fused-ring (bicyclic) bond motifs is 1. The van der Waals surface area contributed by atoms with Crippen LogP contribution in [-0.4, -0.2) is 11.6 Å². The van der Waals surface area contributed by atoms with Crippen LogP contribution in [0.1, 0.15) is 80.0 Å². The van der Waals surface area contributed by atoms with Crippen molar-refractivity contribution in [2.24, 2.45) is 23.2 Å². The zero-order valence-corrected chi connectivity index (χ0v) is 14.6. The molecule has 3 rings (SSSR count). The third-order valence-electron chi connectivity index (χ3n) is 5.98. The van der Waals surface area contributed by atoms with Gasteiger partial charge in [0.25, 0.3) is 0 Å². The number of hydrogen-bond acceptors (Lipinski definition) is 2. The van der Waals surface area contributed by atoms with Crippen LogP contribution in [0.5, 0.6) is 0 Å². The second kappa shape index (κ2) is 6.22. The van der Waals surface area contributed by atoms with E-state index in [-0.39, 0.29) is 17.5 Å². The molecule has 1 unspecified atom stereocenters. The van der Waals surface area contributed by atoms with Crippen LogP contribution in [0.25, 0.3) is 0 Å². The minimum atomic E-state index is -0.0893. The number of ketones is 2. The minimum Gasteiger partial charge on any atom is -0.294 e. The fourth-order valence-corrected chi connectivity index (χ4v) is 4.44. The van der Waals surface area contributed by atoms with Gasteiger partial charge in [-0.05, 0) is 36.5 Å². The zero-order valence-electron chi connectivity index (χ0n) is 14.6. The highest BCUT2D eigenvalue weighted by Crippen LogP contribution is 2.42. The molecule has 0 amide bonds. The van der Waals surface area contributed by atoms with E-state index in [2.05, 4.69) is 20.8 Å². The van der Waals surface area contributed by atoms with Crippen LogP contribution in [0.3, 0.4) is 0 Å². The van der Waals surface area contributed by atoms with Crippen LogP contribution < -0.4 is 0 Å². The topological polar surface area (TPSA) is 34.1 Å². The Morgan fingerprint density at radius 1 is 0.957 bits per heavy atom. The Kier molecular flexibility index (Phi) is 4.44. The molecule has 0 aromatic heterocycles. The number of hydrogen-bond donors (Lipinski definition) is 0. The average molecular weight is 312 g/mol. The standard InChI is InChI=1S/C21H28O2/c1-21(2,3)16-10-8-14(9-11-16)12-15-13-19(22)17-6-4-5-7-18(17)20(15)23/h4-7,14-16H,8-13H2,1-3H3. The third-order valence-corrected chi connectivity index (χ3v) is 5.98. The highest BCUT2D eigenvalue weighted by molar-refractivity contribution is 6.14. The van der Waals surface area contributed by atoms with Crippen LogP contribution in [0.15, 0.2) is 24.3 Å². The first-order valence-corrected chi connectivity index (χ1v) is 9.02. The predicted octanol–water partition coefficient (Wildman–Crippen LogP) is 5.31. The first-order chi connectivity index (χ1) is 10.9. The Morgan fingerprint density at radius 3 is 2.17 bits per heavy atom. The molecular formula is C21H28O2. The maximum atomic E-state index is 12.7. The van der Waals surface area contributed by atoms with E-state index >= 15 is 0 Å². The molecule has 1 fully saturated rings. The quantitative estimate of drug-likeness (QED) is 0.741. The van der Waals surface area contributed by atoms with Gasteiger partial charge >= 0.3 is 0 Å². The molecule has 1 saturated carbocycles. The predicted molar refractivity (Wildman–Crippen MR) is 92.7 cm³/mol. The minimum absolute atomic E-state index is 0.0893. The van der Waals surface area contributed by atoms with E-state index in [1.165, 1.54) is 25.7 Å². The third kappa shape index (κ3) is 3.41. The molecule has 124 valence electrons. The van der Waals surface area contributed by atoms with E-state index in [1.54, 1.807) is 6.07 Å². The van der Waals surface area contributed by atoms with Crippen molar-refractivity contribution >= 4 is 11.6 Å². The normalized spacial score (nSPS) is 28.6. The molecule has 0 heterocycles. The monoisotopic (exact) mass is 312 g/mol. The van der Waals surface area contributed by atoms with Crippen LogP contribution in [0, 0.1) is 23.2 Å². The lowest BCUT2D eigenvalue weighted by Crippen LogP contribution is -2.31. The number of rotatable bonds is 2. The fourth-order valence-electron chi connectivity index (χ4n) is 4.44. The van der Waals surface area contributed by atoms with Crippen LogP contribution in [0.2, 0.25) is 0 Å². The van der Waals surface area contributed by atoms with Crippen LogP contribution >= 0.6 is 0 Å². The summed E-state index contributed by atoms with van der Waals surface area (Å²) >= 11 is 0. The first kappa shape index (κ1) is 16.4. The molecule has 0 spiro atoms. The summed E-state index contributed by atoms with van der Waals surface area (Å²) in [7, 11) is 0. The van der Waals surface area contributed by atoms with E-state index in [1.807, 2.05) is 18.2 Å². The van der Waals surface area contributed by atoms with Gasteiger partial charge in [-0.2, -0.15) is 0 Å². The van der Waals surface area contributed by atoms with E-state index in [9.17, 15) is 9.59 Å². The Balaban J connectivity index is 1.64. The molecule has 0 bridgehead atoms. The summed E-state index contributed by atoms with van der Waals surface area (Å²) in [4.78, 5) is 25.0. The lowest BCUT2D eigenvalue weighted by Gasteiger charge is -2.38. The van der Waals surface area contributed by atoms with Crippen molar-refractivity contribution < 1.29 is 9.59 Å². The summed E-state index contributed by atoms with van der Waals surface area (Å²) in [5.74, 6) is 1.66. The largest absolute Gasteiger partial charge is 0.294 e. The summed E-state index contributed by atoms with van der Waals surface area (Å²) in [6.07, 6.45) is 6.26. The Bertz CT molecular complexity index is 601. The molecule has 2 aliphatic rings. The second-order valence-corrected chi connectivity index (χ2v) is 8.55. The maximum absolute atomic E-state index is 12.7. The first-order valence-electron chi connectivity index (χ1n) is 9.02. The smallest absolute Gasteiger partial charge is 0.167 e. The number of carbonyl (C=O) groups is 2. The molecular weight excluding hydrogens is 284 g/mol. The molecule has 1 aromatic rings. The molecule has 0 saturated heterocycles. The molecule has 2 nitrogen and oxygen atoms in total. The van der Waals surface area contributed by atoms with Gasteiger partial charge < -0.3 is 0 Å². The molecule has 1 aromatic carbocycles. The van der Waals surface area contributed by atoms with Crippen molar-refractivity contribution in [3.8, 4) is 0 Å². The van der Waals surface area contributed by atoms with Crippen molar-refractivity contribution in [2.75, 3.05) is 0 Å². The Hall–Kier alpha value is -1.44. The Labute approximate surface area is 139 Å². The molecule has 0 aliphatic heterocycles. The summed E-state index contributed by atoms with van der Waals surface area (Å²) < 4.78 is 0. The van der Waals surface area contributed by atoms with Crippen LogP contribution in [0.4, 0.5) is 0 Å². The summed E-state index contributed by atoms with van der Waals surface area (Å²) in [6.45, 7) is 6.99. The highest BCUT2D eigenvalue weighted by Gasteiger charge is 2.36. The van der Waals surface area contributed by atoms with Gasteiger partial charge in [0.15, 0.2) is 11.6 Å². The van der Waals surface area contributed by atoms with Gasteiger partial charge in [-0.25, -0.2) is 0 Å². The number of benzene rings is 1. The zero-order chi connectivity index (χ0) is 16.6. The molecule has 2 aliphatic carbocycles.